The van der Waals surface area contributed by atoms with Gasteiger partial charge in [-0.3, -0.25) is 0 Å². The molecule has 0 aromatic carbocycles. The summed E-state index contributed by atoms with van der Waals surface area (Å²) < 4.78 is 0. The molecule has 0 saturated carbocycles. The summed E-state index contributed by atoms with van der Waals surface area (Å²) >= 11 is 0. The topological polar surface area (TPSA) is 67.4 Å². The zero-order valence-corrected chi connectivity index (χ0v) is 6.33. The minimum atomic E-state index is -1.16. The van der Waals surface area contributed by atoms with E-state index >= 15 is 0 Å². The molecule has 2 aliphatic rings. The second-order valence-corrected chi connectivity index (χ2v) is 2.60. The lowest BCUT2D eigenvalue weighted by atomic mass is 10.2. The van der Waals surface area contributed by atoms with E-state index in [-0.39, 0.29) is 0 Å². The second-order valence-electron chi connectivity index (χ2n) is 2.60. The van der Waals surface area contributed by atoms with E-state index in [2.05, 4.69) is 10.6 Å². The molecule has 2 N–H and O–H groups in total. The van der Waals surface area contributed by atoms with Crippen LogP contribution in [0.25, 0.3) is 0 Å². The van der Waals surface area contributed by atoms with Gasteiger partial charge in [0, 0.05) is 0 Å². The van der Waals surface area contributed by atoms with E-state index in [1.54, 1.807) is 6.20 Å². The van der Waals surface area contributed by atoms with Gasteiger partial charge in [0.2, 0.25) is 0 Å². The van der Waals surface area contributed by atoms with Crippen LogP contribution in [-0.2, 0) is 0 Å². The van der Waals surface area contributed by atoms with E-state index in [4.69, 9.17) is 0 Å². The predicted octanol–water partition coefficient (Wildman–Crippen LogP) is -1.48. The minimum absolute atomic E-state index is 0.291. The molecule has 5 heteroatoms. The van der Waals surface area contributed by atoms with E-state index in [0.717, 1.165) is 11.4 Å². The summed E-state index contributed by atoms with van der Waals surface area (Å²) in [4.78, 5) is 11.7. The summed E-state index contributed by atoms with van der Waals surface area (Å²) in [6.45, 7) is 0.825. The maximum atomic E-state index is 10.5. The first-order valence-electron chi connectivity index (χ1n) is 3.64. The molecule has 2 heterocycles. The number of allylic oxidation sites excluding steroid dienone is 1. The molecule has 2 rings (SSSR count). The molecule has 12 heavy (non-hydrogen) atoms. The fourth-order valence-corrected chi connectivity index (χ4v) is 1.33. The Morgan fingerprint density at radius 3 is 3.25 bits per heavy atom. The van der Waals surface area contributed by atoms with Crippen LogP contribution in [0.1, 0.15) is 0 Å². The second kappa shape index (κ2) is 2.44. The number of nitrogens with one attached hydrogen (secondary N) is 2. The molecular formula is C7H8N3O2-. The average Bonchev–Trinajstić information content (AvgIpc) is 2.47. The molecule has 0 aromatic heterocycles. The van der Waals surface area contributed by atoms with Crippen LogP contribution in [0.4, 0.5) is 4.79 Å². The van der Waals surface area contributed by atoms with Gasteiger partial charge in [0.15, 0.2) is 0 Å². The maximum absolute atomic E-state index is 10.5. The Morgan fingerprint density at radius 1 is 1.67 bits per heavy atom. The van der Waals surface area contributed by atoms with Crippen molar-refractivity contribution in [2.75, 3.05) is 13.2 Å². The van der Waals surface area contributed by atoms with Crippen LogP contribution in [0, 0.1) is 0 Å². The Labute approximate surface area is 69.4 Å². The average molecular weight is 166 g/mol. The van der Waals surface area contributed by atoms with Crippen LogP contribution in [0.5, 0.6) is 0 Å². The van der Waals surface area contributed by atoms with Gasteiger partial charge in [0.05, 0.1) is 24.6 Å². The number of carbonyl (C=O) groups excluding carboxylic acids is 1. The van der Waals surface area contributed by atoms with Gasteiger partial charge in [0.25, 0.3) is 0 Å². The summed E-state index contributed by atoms with van der Waals surface area (Å²) in [6.07, 6.45) is 2.43. The van der Waals surface area contributed by atoms with Crippen LogP contribution < -0.4 is 15.7 Å². The van der Waals surface area contributed by atoms with Crippen molar-refractivity contribution in [2.45, 2.75) is 0 Å². The Hall–Kier alpha value is -1.65. The Balaban J connectivity index is 2.27. The van der Waals surface area contributed by atoms with Crippen LogP contribution in [0.15, 0.2) is 23.7 Å². The third-order valence-electron chi connectivity index (χ3n) is 1.92. The summed E-state index contributed by atoms with van der Waals surface area (Å²) in [5.74, 6) is 0. The van der Waals surface area contributed by atoms with E-state index < -0.39 is 6.09 Å². The van der Waals surface area contributed by atoms with Gasteiger partial charge >= 0.3 is 0 Å². The molecule has 0 spiro atoms. The van der Waals surface area contributed by atoms with Crippen LogP contribution in [0.2, 0.25) is 0 Å². The quantitative estimate of drug-likeness (QED) is 0.460. The van der Waals surface area contributed by atoms with Crippen LogP contribution >= 0.6 is 0 Å². The van der Waals surface area contributed by atoms with Crippen molar-refractivity contribution >= 4 is 6.09 Å². The summed E-state index contributed by atoms with van der Waals surface area (Å²) in [5, 5.41) is 16.4. The number of hydrogen-bond donors (Lipinski definition) is 2. The van der Waals surface area contributed by atoms with Crippen molar-refractivity contribution in [1.29, 1.82) is 0 Å². The van der Waals surface area contributed by atoms with Crippen molar-refractivity contribution in [2.24, 2.45) is 0 Å². The van der Waals surface area contributed by atoms with Crippen molar-refractivity contribution in [1.82, 2.24) is 15.5 Å². The highest BCUT2D eigenvalue weighted by Gasteiger charge is 2.22. The third-order valence-corrected chi connectivity index (χ3v) is 1.92. The molecule has 2 aliphatic heterocycles. The minimum Gasteiger partial charge on any atom is -0.530 e. The molecule has 5 nitrogen and oxygen atoms in total. The molecule has 1 amide bonds. The number of carboxylic acid groups (broad SMARTS) is 1. The molecule has 0 aromatic rings. The van der Waals surface area contributed by atoms with Crippen LogP contribution in [-0.4, -0.2) is 24.2 Å². The molecule has 0 bridgehead atoms. The number of hydrogen-bond acceptors (Lipinski definition) is 4. The maximum Gasteiger partial charge on any atom is 0.143 e. The van der Waals surface area contributed by atoms with Crippen molar-refractivity contribution < 1.29 is 9.90 Å². The standard InChI is InChI=1S/C7H9N3O2/c11-7(12)10-4-9-5-1-2-8-3-6(5)10/h1-2,8-9H,3-4H2,(H,11,12)/p-1. The summed E-state index contributed by atoms with van der Waals surface area (Å²) in [5.41, 5.74) is 1.59. The van der Waals surface area contributed by atoms with Crippen LogP contribution in [0.3, 0.4) is 0 Å². The zero-order chi connectivity index (χ0) is 8.55. The van der Waals surface area contributed by atoms with Crippen molar-refractivity contribution in [3.63, 3.8) is 0 Å². The molecule has 0 radical (unpaired) electrons. The molecule has 0 aliphatic carbocycles. The van der Waals surface area contributed by atoms with Gasteiger partial charge in [-0.25, -0.2) is 0 Å². The molecule has 0 atom stereocenters. The van der Waals surface area contributed by atoms with E-state index in [1.165, 1.54) is 4.90 Å². The molecule has 64 valence electrons. The van der Waals surface area contributed by atoms with Gasteiger partial charge in [-0.2, -0.15) is 0 Å². The van der Waals surface area contributed by atoms with E-state index in [0.29, 0.717) is 13.2 Å². The fourth-order valence-electron chi connectivity index (χ4n) is 1.33. The fraction of sp³-hybridized carbons (Fsp3) is 0.286. The number of nitrogens with zero attached hydrogens (tertiary/aromatic N) is 1. The van der Waals surface area contributed by atoms with Crippen molar-refractivity contribution in [3.8, 4) is 0 Å². The lowest BCUT2D eigenvalue weighted by molar-refractivity contribution is -0.262. The molecule has 0 saturated heterocycles. The predicted molar refractivity (Wildman–Crippen MR) is 39.4 cm³/mol. The number of amides is 1. The Morgan fingerprint density at radius 2 is 2.50 bits per heavy atom. The molecule has 0 unspecified atom stereocenters. The smallest absolute Gasteiger partial charge is 0.143 e. The van der Waals surface area contributed by atoms with E-state index in [1.807, 2.05) is 6.08 Å². The Bertz CT molecular complexity index is 282. The highest BCUT2D eigenvalue weighted by molar-refractivity contribution is 5.67. The third kappa shape index (κ3) is 0.903. The number of carbonyl (C=O) groups is 1. The SMILES string of the molecule is O=C([O-])N1CNC2=C1CNC=C2. The van der Waals surface area contributed by atoms with Gasteiger partial charge in [-0.1, -0.05) is 0 Å². The largest absolute Gasteiger partial charge is 0.530 e. The van der Waals surface area contributed by atoms with Gasteiger partial charge < -0.3 is 25.4 Å². The van der Waals surface area contributed by atoms with Gasteiger partial charge in [-0.05, 0) is 12.3 Å². The lowest BCUT2D eigenvalue weighted by Crippen LogP contribution is -2.42. The first kappa shape index (κ1) is 7.02. The highest BCUT2D eigenvalue weighted by Crippen LogP contribution is 2.16. The number of rotatable bonds is 0. The first-order valence-corrected chi connectivity index (χ1v) is 3.64. The van der Waals surface area contributed by atoms with Gasteiger partial charge in [-0.15, -0.1) is 0 Å². The Kier molecular flexibility index (Phi) is 1.43. The zero-order valence-electron chi connectivity index (χ0n) is 6.33. The summed E-state index contributed by atoms with van der Waals surface area (Å²) in [6, 6.07) is 0. The number of dihydropyridines is 1. The van der Waals surface area contributed by atoms with Crippen molar-refractivity contribution in [3.05, 3.63) is 23.7 Å². The highest BCUT2D eigenvalue weighted by atomic mass is 16.4. The molecular weight excluding hydrogens is 158 g/mol. The van der Waals surface area contributed by atoms with E-state index in [9.17, 15) is 9.90 Å². The monoisotopic (exact) mass is 166 g/mol. The first-order chi connectivity index (χ1) is 5.79. The summed E-state index contributed by atoms with van der Waals surface area (Å²) in [7, 11) is 0. The normalized spacial score (nSPS) is 20.2. The molecule has 0 fully saturated rings. The van der Waals surface area contributed by atoms with Gasteiger partial charge in [0.1, 0.15) is 6.09 Å². The lowest BCUT2D eigenvalue weighted by Gasteiger charge is -2.22.